The van der Waals surface area contributed by atoms with Gasteiger partial charge in [-0.2, -0.15) is 0 Å². The number of nitrogens with zero attached hydrogens (tertiary/aromatic N) is 2. The molecule has 0 bridgehead atoms. The molecule has 2 aromatic rings. The topological polar surface area (TPSA) is 62.3 Å². The number of hydrogen-bond acceptors (Lipinski definition) is 4. The van der Waals surface area contributed by atoms with Crippen molar-refractivity contribution in [1.82, 2.24) is 9.88 Å². The molecule has 0 aliphatic heterocycles. The predicted octanol–water partition coefficient (Wildman–Crippen LogP) is 4.22. The largest absolute Gasteiger partial charge is 0.342 e. The number of anilines is 1. The summed E-state index contributed by atoms with van der Waals surface area (Å²) in [5.41, 5.74) is 0.987. The third-order valence-electron chi connectivity index (χ3n) is 3.73. The van der Waals surface area contributed by atoms with E-state index in [1.54, 1.807) is 5.38 Å². The lowest BCUT2D eigenvalue weighted by molar-refractivity contribution is -0.131. The zero-order valence-corrected chi connectivity index (χ0v) is 17.0. The van der Waals surface area contributed by atoms with Crippen molar-refractivity contribution in [3.05, 3.63) is 46.7 Å². The van der Waals surface area contributed by atoms with Crippen LogP contribution in [-0.2, 0) is 11.2 Å². The summed E-state index contributed by atoms with van der Waals surface area (Å²) in [7, 11) is 0. The van der Waals surface area contributed by atoms with Gasteiger partial charge < -0.3 is 4.90 Å². The first kappa shape index (κ1) is 21.0. The molecule has 0 unspecified atom stereocenters. The molecule has 1 heterocycles. The average molecular weight is 392 g/mol. The Morgan fingerprint density at radius 3 is 2.26 bits per heavy atom. The summed E-state index contributed by atoms with van der Waals surface area (Å²) in [4.78, 5) is 31.0. The molecule has 0 fully saturated rings. The van der Waals surface area contributed by atoms with Gasteiger partial charge in [0.1, 0.15) is 5.82 Å². The monoisotopic (exact) mass is 391 g/mol. The van der Waals surface area contributed by atoms with Gasteiger partial charge in [0.25, 0.3) is 5.91 Å². The van der Waals surface area contributed by atoms with Crippen LogP contribution in [0.5, 0.6) is 0 Å². The van der Waals surface area contributed by atoms with Crippen molar-refractivity contribution in [3.63, 3.8) is 0 Å². The summed E-state index contributed by atoms with van der Waals surface area (Å²) >= 11 is 1.27. The zero-order chi connectivity index (χ0) is 20.0. The summed E-state index contributed by atoms with van der Waals surface area (Å²) in [5.74, 6) is 0.0823. The van der Waals surface area contributed by atoms with Gasteiger partial charge in [0.2, 0.25) is 5.91 Å². The first-order valence-electron chi connectivity index (χ1n) is 9.03. The Balaban J connectivity index is 1.98. The fourth-order valence-electron chi connectivity index (χ4n) is 2.64. The Hall–Kier alpha value is -2.28. The second-order valence-corrected chi connectivity index (χ2v) is 8.23. The van der Waals surface area contributed by atoms with Crippen LogP contribution in [0, 0.1) is 17.7 Å². The minimum Gasteiger partial charge on any atom is -0.342 e. The van der Waals surface area contributed by atoms with E-state index >= 15 is 0 Å². The minimum absolute atomic E-state index is 0.0408. The lowest BCUT2D eigenvalue weighted by atomic mass is 10.1. The van der Waals surface area contributed by atoms with E-state index in [0.717, 1.165) is 13.1 Å². The molecule has 7 heteroatoms. The predicted molar refractivity (Wildman–Crippen MR) is 106 cm³/mol. The molecular weight excluding hydrogens is 365 g/mol. The second kappa shape index (κ2) is 9.60. The number of benzene rings is 1. The number of thiazole rings is 1. The fraction of sp³-hybridized carbons (Fsp3) is 0.450. The minimum atomic E-state index is -0.394. The Labute approximate surface area is 163 Å². The first-order chi connectivity index (χ1) is 12.7. The molecule has 1 aromatic heterocycles. The molecule has 146 valence electrons. The molecule has 1 N–H and O–H groups in total. The summed E-state index contributed by atoms with van der Waals surface area (Å²) in [6, 6.07) is 5.30. The van der Waals surface area contributed by atoms with Gasteiger partial charge >= 0.3 is 0 Å². The standard InChI is InChI=1S/C20H26FN3O2S/c1-13(2)10-24(11-14(3)4)18(25)9-17-12-27-20(22-17)23-19(26)15-5-7-16(21)8-6-15/h5-8,12-14H,9-11H2,1-4H3,(H,22,23,26). The van der Waals surface area contributed by atoms with E-state index in [-0.39, 0.29) is 18.2 Å². The number of amides is 2. The number of rotatable bonds is 8. The molecule has 2 amide bonds. The summed E-state index contributed by atoms with van der Waals surface area (Å²) in [6.07, 6.45) is 0.211. The molecule has 0 aliphatic carbocycles. The Morgan fingerprint density at radius 1 is 1.11 bits per heavy atom. The summed E-state index contributed by atoms with van der Waals surface area (Å²) in [6.45, 7) is 9.79. The van der Waals surface area contributed by atoms with E-state index in [0.29, 0.717) is 28.2 Å². The van der Waals surface area contributed by atoms with E-state index in [1.165, 1.54) is 35.6 Å². The van der Waals surface area contributed by atoms with Crippen LogP contribution in [0.1, 0.15) is 43.7 Å². The van der Waals surface area contributed by atoms with Crippen molar-refractivity contribution in [2.24, 2.45) is 11.8 Å². The van der Waals surface area contributed by atoms with Gasteiger partial charge in [0.05, 0.1) is 12.1 Å². The molecule has 5 nitrogen and oxygen atoms in total. The van der Waals surface area contributed by atoms with Crippen molar-refractivity contribution < 1.29 is 14.0 Å². The van der Waals surface area contributed by atoms with Gasteiger partial charge in [-0.3, -0.25) is 14.9 Å². The average Bonchev–Trinajstić information content (AvgIpc) is 3.00. The molecule has 0 saturated carbocycles. The SMILES string of the molecule is CC(C)CN(CC(C)C)C(=O)Cc1csc(NC(=O)c2ccc(F)cc2)n1. The third kappa shape index (κ3) is 6.75. The van der Waals surface area contributed by atoms with Crippen LogP contribution in [0.4, 0.5) is 9.52 Å². The van der Waals surface area contributed by atoms with Crippen molar-refractivity contribution in [2.75, 3.05) is 18.4 Å². The molecule has 2 rings (SSSR count). The normalized spacial score (nSPS) is 11.1. The van der Waals surface area contributed by atoms with E-state index in [9.17, 15) is 14.0 Å². The highest BCUT2D eigenvalue weighted by atomic mass is 32.1. The molecule has 0 atom stereocenters. The van der Waals surface area contributed by atoms with Gasteiger partial charge in [-0.25, -0.2) is 9.37 Å². The first-order valence-corrected chi connectivity index (χ1v) is 9.91. The third-order valence-corrected chi connectivity index (χ3v) is 4.54. The van der Waals surface area contributed by atoms with E-state index < -0.39 is 5.82 Å². The van der Waals surface area contributed by atoms with Gasteiger partial charge in [-0.1, -0.05) is 27.7 Å². The number of hydrogen-bond donors (Lipinski definition) is 1. The number of carbonyl (C=O) groups is 2. The second-order valence-electron chi connectivity index (χ2n) is 7.37. The highest BCUT2D eigenvalue weighted by Gasteiger charge is 2.18. The lowest BCUT2D eigenvalue weighted by Crippen LogP contribution is -2.38. The quantitative estimate of drug-likeness (QED) is 0.733. The van der Waals surface area contributed by atoms with E-state index in [1.807, 2.05) is 4.90 Å². The molecule has 1 aromatic carbocycles. The van der Waals surface area contributed by atoms with Crippen LogP contribution in [0.15, 0.2) is 29.6 Å². The van der Waals surface area contributed by atoms with Crippen molar-refractivity contribution >= 4 is 28.3 Å². The van der Waals surface area contributed by atoms with E-state index in [4.69, 9.17) is 0 Å². The van der Waals surface area contributed by atoms with Crippen molar-refractivity contribution in [2.45, 2.75) is 34.1 Å². The molecule has 0 saturated heterocycles. The maximum absolute atomic E-state index is 12.9. The number of halogens is 1. The highest BCUT2D eigenvalue weighted by molar-refractivity contribution is 7.14. The molecular formula is C20H26FN3O2S. The fourth-order valence-corrected chi connectivity index (χ4v) is 3.35. The van der Waals surface area contributed by atoms with Gasteiger partial charge in [0, 0.05) is 24.0 Å². The smallest absolute Gasteiger partial charge is 0.257 e. The number of aromatic nitrogens is 1. The number of nitrogens with one attached hydrogen (secondary N) is 1. The van der Waals surface area contributed by atoms with Crippen LogP contribution in [0.25, 0.3) is 0 Å². The molecule has 0 radical (unpaired) electrons. The summed E-state index contributed by atoms with van der Waals surface area (Å²) < 4.78 is 12.9. The summed E-state index contributed by atoms with van der Waals surface area (Å²) in [5, 5.41) is 4.89. The van der Waals surface area contributed by atoms with Crippen LogP contribution in [0.2, 0.25) is 0 Å². The molecule has 0 aliphatic rings. The lowest BCUT2D eigenvalue weighted by Gasteiger charge is -2.26. The van der Waals surface area contributed by atoms with Crippen molar-refractivity contribution in [1.29, 1.82) is 0 Å². The highest BCUT2D eigenvalue weighted by Crippen LogP contribution is 2.18. The Bertz CT molecular complexity index is 762. The Morgan fingerprint density at radius 2 is 1.70 bits per heavy atom. The van der Waals surface area contributed by atoms with Crippen molar-refractivity contribution in [3.8, 4) is 0 Å². The molecule has 27 heavy (non-hydrogen) atoms. The van der Waals surface area contributed by atoms with Gasteiger partial charge in [-0.05, 0) is 36.1 Å². The van der Waals surface area contributed by atoms with Gasteiger partial charge in [-0.15, -0.1) is 11.3 Å². The van der Waals surface area contributed by atoms with E-state index in [2.05, 4.69) is 38.0 Å². The Kier molecular flexibility index (Phi) is 7.47. The van der Waals surface area contributed by atoms with Crippen LogP contribution >= 0.6 is 11.3 Å². The number of carbonyl (C=O) groups excluding carboxylic acids is 2. The van der Waals surface area contributed by atoms with Crippen LogP contribution < -0.4 is 5.32 Å². The molecule has 0 spiro atoms. The maximum Gasteiger partial charge on any atom is 0.257 e. The van der Waals surface area contributed by atoms with Gasteiger partial charge in [0.15, 0.2) is 5.13 Å². The zero-order valence-electron chi connectivity index (χ0n) is 16.2. The maximum atomic E-state index is 12.9. The van der Waals surface area contributed by atoms with Crippen LogP contribution in [-0.4, -0.2) is 34.8 Å². The van der Waals surface area contributed by atoms with Crippen LogP contribution in [0.3, 0.4) is 0 Å².